The summed E-state index contributed by atoms with van der Waals surface area (Å²) in [5, 5.41) is 0. The minimum atomic E-state index is 0.485. The third-order valence-corrected chi connectivity index (χ3v) is 3.86. The summed E-state index contributed by atoms with van der Waals surface area (Å²) in [5.41, 5.74) is 0. The maximum Gasteiger partial charge on any atom is 0.134 e. The minimum Gasteiger partial charge on any atom is -0.300 e. The Hall–Kier alpha value is -0.370. The largest absolute Gasteiger partial charge is 0.300 e. The lowest BCUT2D eigenvalue weighted by molar-refractivity contribution is -0.125. The first-order valence-electron chi connectivity index (χ1n) is 5.96. The van der Waals surface area contributed by atoms with E-state index in [4.69, 9.17) is 0 Å². The molecule has 2 fully saturated rings. The average Bonchev–Trinajstić information content (AvgIpc) is 2.13. The number of Topliss-reactive ketones (excluding diaryl/α,β-unsaturated/α-hetero) is 1. The van der Waals surface area contributed by atoms with Crippen LogP contribution in [0.25, 0.3) is 0 Å². The van der Waals surface area contributed by atoms with Gasteiger partial charge < -0.3 is 0 Å². The van der Waals surface area contributed by atoms with Crippen molar-refractivity contribution in [1.29, 1.82) is 0 Å². The fraction of sp³-hybridized carbons (Fsp3) is 0.917. The van der Waals surface area contributed by atoms with E-state index in [0.717, 1.165) is 31.1 Å². The van der Waals surface area contributed by atoms with E-state index in [0.29, 0.717) is 11.8 Å². The number of ketones is 1. The van der Waals surface area contributed by atoms with Crippen LogP contribution in [-0.2, 0) is 4.79 Å². The average molecular weight is 195 g/mol. The van der Waals surface area contributed by atoms with Crippen molar-refractivity contribution < 1.29 is 4.79 Å². The molecule has 2 heteroatoms. The second kappa shape index (κ2) is 4.01. The molecule has 1 aliphatic heterocycles. The van der Waals surface area contributed by atoms with Crippen LogP contribution >= 0.6 is 0 Å². The molecule has 2 aliphatic rings. The van der Waals surface area contributed by atoms with Crippen molar-refractivity contribution in [3.8, 4) is 0 Å². The van der Waals surface area contributed by atoms with Crippen molar-refractivity contribution >= 4 is 5.78 Å². The Balaban J connectivity index is 1.95. The van der Waals surface area contributed by atoms with Crippen molar-refractivity contribution in [2.45, 2.75) is 45.6 Å². The van der Waals surface area contributed by atoms with Crippen LogP contribution in [0.1, 0.15) is 39.5 Å². The Bertz CT molecular complexity index is 220. The SMILES string of the molecule is CCC1CCC(=O)CC1N1CC(C)C1. The highest BCUT2D eigenvalue weighted by molar-refractivity contribution is 5.79. The van der Waals surface area contributed by atoms with Gasteiger partial charge in [-0.05, 0) is 18.3 Å². The molecule has 0 aromatic rings. The molecule has 1 heterocycles. The highest BCUT2D eigenvalue weighted by atomic mass is 16.1. The first kappa shape index (κ1) is 10.2. The Kier molecular flexibility index (Phi) is 2.91. The van der Waals surface area contributed by atoms with Crippen LogP contribution in [0.5, 0.6) is 0 Å². The molecule has 1 aliphatic carbocycles. The summed E-state index contributed by atoms with van der Waals surface area (Å²) < 4.78 is 0. The third kappa shape index (κ3) is 1.85. The molecule has 2 nitrogen and oxygen atoms in total. The molecule has 2 atom stereocenters. The van der Waals surface area contributed by atoms with E-state index in [-0.39, 0.29) is 0 Å². The molecule has 1 saturated carbocycles. The van der Waals surface area contributed by atoms with E-state index in [1.54, 1.807) is 0 Å². The first-order chi connectivity index (χ1) is 6.70. The van der Waals surface area contributed by atoms with E-state index in [1.807, 2.05) is 0 Å². The molecular formula is C12H21NO. The zero-order chi connectivity index (χ0) is 10.1. The van der Waals surface area contributed by atoms with Crippen LogP contribution in [-0.4, -0.2) is 29.8 Å². The number of carbonyl (C=O) groups excluding carboxylic acids is 1. The molecule has 1 saturated heterocycles. The second-order valence-corrected chi connectivity index (χ2v) is 5.08. The summed E-state index contributed by atoms with van der Waals surface area (Å²) in [5.74, 6) is 2.11. The lowest BCUT2D eigenvalue weighted by Gasteiger charge is -2.47. The van der Waals surface area contributed by atoms with Gasteiger partial charge in [0.05, 0.1) is 0 Å². The lowest BCUT2D eigenvalue weighted by atomic mass is 9.79. The molecule has 2 unspecified atom stereocenters. The monoisotopic (exact) mass is 195 g/mol. The first-order valence-corrected chi connectivity index (χ1v) is 5.96. The molecule has 0 aromatic heterocycles. The predicted octanol–water partition coefficient (Wildman–Crippen LogP) is 2.09. The van der Waals surface area contributed by atoms with E-state index in [2.05, 4.69) is 18.7 Å². The highest BCUT2D eigenvalue weighted by Crippen LogP contribution is 2.32. The van der Waals surface area contributed by atoms with Gasteiger partial charge in [-0.1, -0.05) is 20.3 Å². The van der Waals surface area contributed by atoms with Gasteiger partial charge >= 0.3 is 0 Å². The van der Waals surface area contributed by atoms with Gasteiger partial charge in [0.15, 0.2) is 0 Å². The fourth-order valence-electron chi connectivity index (χ4n) is 2.96. The lowest BCUT2D eigenvalue weighted by Crippen LogP contribution is -2.55. The second-order valence-electron chi connectivity index (χ2n) is 5.08. The summed E-state index contributed by atoms with van der Waals surface area (Å²) in [7, 11) is 0. The number of likely N-dealkylation sites (tertiary alicyclic amines) is 1. The maximum atomic E-state index is 11.4. The van der Waals surface area contributed by atoms with Crippen LogP contribution in [0.4, 0.5) is 0 Å². The minimum absolute atomic E-state index is 0.485. The molecule has 14 heavy (non-hydrogen) atoms. The third-order valence-electron chi connectivity index (χ3n) is 3.86. The normalized spacial score (nSPS) is 35.7. The number of hydrogen-bond acceptors (Lipinski definition) is 2. The predicted molar refractivity (Wildman–Crippen MR) is 57.2 cm³/mol. The van der Waals surface area contributed by atoms with Crippen molar-refractivity contribution in [1.82, 2.24) is 4.90 Å². The summed E-state index contributed by atoms with van der Waals surface area (Å²) in [6.07, 6.45) is 4.03. The Labute approximate surface area is 86.7 Å². The molecule has 0 bridgehead atoms. The number of rotatable bonds is 2. The fourth-order valence-corrected chi connectivity index (χ4v) is 2.96. The summed E-state index contributed by atoms with van der Waals surface area (Å²) in [6, 6.07) is 0.581. The van der Waals surface area contributed by atoms with Crippen LogP contribution in [0.3, 0.4) is 0 Å². The van der Waals surface area contributed by atoms with Gasteiger partial charge in [0.1, 0.15) is 5.78 Å². The maximum absolute atomic E-state index is 11.4. The molecule has 0 radical (unpaired) electrons. The van der Waals surface area contributed by atoms with Gasteiger partial charge in [-0.25, -0.2) is 0 Å². The summed E-state index contributed by atoms with van der Waals surface area (Å²) in [4.78, 5) is 14.0. The molecule has 0 aromatic carbocycles. The van der Waals surface area contributed by atoms with E-state index >= 15 is 0 Å². The van der Waals surface area contributed by atoms with Gasteiger partial charge in [-0.15, -0.1) is 0 Å². The zero-order valence-electron chi connectivity index (χ0n) is 9.33. The Morgan fingerprint density at radius 3 is 2.71 bits per heavy atom. The van der Waals surface area contributed by atoms with Crippen LogP contribution in [0.15, 0.2) is 0 Å². The molecule has 0 spiro atoms. The van der Waals surface area contributed by atoms with Gasteiger partial charge in [-0.2, -0.15) is 0 Å². The topological polar surface area (TPSA) is 20.3 Å². The molecular weight excluding hydrogens is 174 g/mol. The summed E-state index contributed by atoms with van der Waals surface area (Å²) >= 11 is 0. The van der Waals surface area contributed by atoms with Crippen LogP contribution < -0.4 is 0 Å². The van der Waals surface area contributed by atoms with Gasteiger partial charge in [-0.3, -0.25) is 9.69 Å². The van der Waals surface area contributed by atoms with Crippen molar-refractivity contribution in [3.63, 3.8) is 0 Å². The molecule has 80 valence electrons. The van der Waals surface area contributed by atoms with Gasteiger partial charge in [0.25, 0.3) is 0 Å². The van der Waals surface area contributed by atoms with Crippen molar-refractivity contribution in [3.05, 3.63) is 0 Å². The smallest absolute Gasteiger partial charge is 0.134 e. The van der Waals surface area contributed by atoms with Crippen molar-refractivity contribution in [2.24, 2.45) is 11.8 Å². The zero-order valence-corrected chi connectivity index (χ0v) is 9.33. The van der Waals surface area contributed by atoms with Gasteiger partial charge in [0, 0.05) is 32.0 Å². The van der Waals surface area contributed by atoms with Crippen LogP contribution in [0, 0.1) is 11.8 Å². The molecule has 0 amide bonds. The van der Waals surface area contributed by atoms with E-state index in [9.17, 15) is 4.79 Å². The Morgan fingerprint density at radius 1 is 1.43 bits per heavy atom. The summed E-state index contributed by atoms with van der Waals surface area (Å²) in [6.45, 7) is 6.99. The van der Waals surface area contributed by atoms with Crippen LogP contribution in [0.2, 0.25) is 0 Å². The highest BCUT2D eigenvalue weighted by Gasteiger charge is 2.37. The number of nitrogens with zero attached hydrogens (tertiary/aromatic N) is 1. The van der Waals surface area contributed by atoms with E-state index in [1.165, 1.54) is 19.5 Å². The number of hydrogen-bond donors (Lipinski definition) is 0. The molecule has 2 rings (SSSR count). The number of carbonyl (C=O) groups is 1. The van der Waals surface area contributed by atoms with E-state index < -0.39 is 0 Å². The quantitative estimate of drug-likeness (QED) is 0.672. The van der Waals surface area contributed by atoms with Crippen molar-refractivity contribution in [2.75, 3.05) is 13.1 Å². The van der Waals surface area contributed by atoms with Gasteiger partial charge in [0.2, 0.25) is 0 Å². The standard InChI is InChI=1S/C12H21NO/c1-3-10-4-5-11(14)6-12(10)13-7-9(2)8-13/h9-10,12H,3-8H2,1-2H3. The Morgan fingerprint density at radius 2 is 2.14 bits per heavy atom. The molecule has 0 N–H and O–H groups in total.